The second kappa shape index (κ2) is 5.21. The van der Waals surface area contributed by atoms with Gasteiger partial charge in [-0.2, -0.15) is 0 Å². The van der Waals surface area contributed by atoms with Crippen LogP contribution in [0.2, 0.25) is 0 Å². The van der Waals surface area contributed by atoms with Crippen LogP contribution in [0, 0.1) is 26.6 Å². The highest BCUT2D eigenvalue weighted by molar-refractivity contribution is 5.51. The van der Waals surface area contributed by atoms with E-state index < -0.39 is 0 Å². The van der Waals surface area contributed by atoms with Gasteiger partial charge in [0.15, 0.2) is 0 Å². The Kier molecular flexibility index (Phi) is 3.66. The molecule has 0 aromatic heterocycles. The summed E-state index contributed by atoms with van der Waals surface area (Å²) < 4.78 is 13.0. The van der Waals surface area contributed by atoms with Crippen LogP contribution in [0.25, 0.3) is 0 Å². The molecule has 0 radical (unpaired) electrons. The highest BCUT2D eigenvalue weighted by Gasteiger charge is 2.01. The van der Waals surface area contributed by atoms with Crippen molar-refractivity contribution in [2.24, 2.45) is 0 Å². The Morgan fingerprint density at radius 2 is 1.67 bits per heavy atom. The molecule has 0 bridgehead atoms. The summed E-state index contributed by atoms with van der Waals surface area (Å²) in [4.78, 5) is 0. The Bertz CT molecular complexity index is 561. The monoisotopic (exact) mass is 243 g/mol. The van der Waals surface area contributed by atoms with Crippen LogP contribution in [-0.4, -0.2) is 0 Å². The van der Waals surface area contributed by atoms with Crippen LogP contribution in [0.5, 0.6) is 0 Å². The predicted octanol–water partition coefficient (Wildman–Crippen LogP) is 4.36. The zero-order valence-electron chi connectivity index (χ0n) is 11.0. The lowest BCUT2D eigenvalue weighted by Gasteiger charge is -2.11. The molecule has 0 atom stereocenters. The normalized spacial score (nSPS) is 10.4. The van der Waals surface area contributed by atoms with Crippen LogP contribution < -0.4 is 5.32 Å². The highest BCUT2D eigenvalue weighted by Crippen LogP contribution is 2.17. The summed E-state index contributed by atoms with van der Waals surface area (Å²) in [5.74, 6) is -0.191. The van der Waals surface area contributed by atoms with Crippen molar-refractivity contribution in [1.29, 1.82) is 0 Å². The summed E-state index contributed by atoms with van der Waals surface area (Å²) in [6.07, 6.45) is 0. The number of hydrogen-bond acceptors (Lipinski definition) is 1. The minimum Gasteiger partial charge on any atom is -0.381 e. The minimum absolute atomic E-state index is 0.191. The van der Waals surface area contributed by atoms with E-state index in [1.807, 2.05) is 6.92 Å². The molecule has 2 aromatic rings. The molecule has 0 heterocycles. The van der Waals surface area contributed by atoms with E-state index in [1.54, 1.807) is 12.1 Å². The van der Waals surface area contributed by atoms with Gasteiger partial charge in [-0.15, -0.1) is 0 Å². The number of nitrogens with one attached hydrogen (secondary N) is 1. The first-order valence-electron chi connectivity index (χ1n) is 6.12. The summed E-state index contributed by atoms with van der Waals surface area (Å²) in [5.41, 5.74) is 5.75. The van der Waals surface area contributed by atoms with Crippen LogP contribution in [0.4, 0.5) is 10.1 Å². The van der Waals surface area contributed by atoms with E-state index in [2.05, 4.69) is 37.4 Å². The smallest absolute Gasteiger partial charge is 0.123 e. The van der Waals surface area contributed by atoms with Gasteiger partial charge in [0.2, 0.25) is 0 Å². The van der Waals surface area contributed by atoms with Gasteiger partial charge in [0.05, 0.1) is 0 Å². The van der Waals surface area contributed by atoms with E-state index in [9.17, 15) is 4.39 Å². The lowest BCUT2D eigenvalue weighted by molar-refractivity contribution is 0.627. The molecule has 0 amide bonds. The molecule has 0 unspecified atom stereocenters. The molecule has 0 aliphatic heterocycles. The van der Waals surface area contributed by atoms with Crippen LogP contribution >= 0.6 is 0 Å². The Balaban J connectivity index is 2.09. The lowest BCUT2D eigenvalue weighted by atomic mass is 10.1. The van der Waals surface area contributed by atoms with Crippen molar-refractivity contribution >= 4 is 5.69 Å². The van der Waals surface area contributed by atoms with Crippen LogP contribution in [0.15, 0.2) is 36.4 Å². The lowest BCUT2D eigenvalue weighted by Crippen LogP contribution is -2.01. The quantitative estimate of drug-likeness (QED) is 0.844. The zero-order chi connectivity index (χ0) is 13.1. The van der Waals surface area contributed by atoms with Gasteiger partial charge in [-0.05, 0) is 61.2 Å². The van der Waals surface area contributed by atoms with Crippen molar-refractivity contribution in [1.82, 2.24) is 0 Å². The summed E-state index contributed by atoms with van der Waals surface area (Å²) in [5, 5.41) is 3.34. The number of anilines is 1. The van der Waals surface area contributed by atoms with Crippen LogP contribution in [0.3, 0.4) is 0 Å². The average molecular weight is 243 g/mol. The van der Waals surface area contributed by atoms with E-state index in [0.717, 1.165) is 17.8 Å². The molecule has 0 fully saturated rings. The third-order valence-electron chi connectivity index (χ3n) is 3.24. The van der Waals surface area contributed by atoms with Crippen LogP contribution in [-0.2, 0) is 6.54 Å². The topological polar surface area (TPSA) is 12.0 Å². The first-order valence-corrected chi connectivity index (χ1v) is 6.12. The number of aryl methyl sites for hydroxylation is 3. The Morgan fingerprint density at radius 1 is 0.889 bits per heavy atom. The number of benzene rings is 2. The summed E-state index contributed by atoms with van der Waals surface area (Å²) in [7, 11) is 0. The molecule has 1 N–H and O–H groups in total. The van der Waals surface area contributed by atoms with E-state index in [0.29, 0.717) is 0 Å². The minimum atomic E-state index is -0.191. The number of rotatable bonds is 3. The van der Waals surface area contributed by atoms with Crippen LogP contribution in [0.1, 0.15) is 22.3 Å². The van der Waals surface area contributed by atoms with Gasteiger partial charge in [0.1, 0.15) is 5.82 Å². The standard InChI is InChI=1S/C16H18FN/c1-11-4-5-14(8-12(11)2)10-18-16-7-6-15(17)9-13(16)3/h4-9,18H,10H2,1-3H3. The van der Waals surface area contributed by atoms with Gasteiger partial charge in [0, 0.05) is 12.2 Å². The largest absolute Gasteiger partial charge is 0.381 e. The molecular weight excluding hydrogens is 225 g/mol. The van der Waals surface area contributed by atoms with Gasteiger partial charge in [0.25, 0.3) is 0 Å². The molecule has 0 saturated heterocycles. The van der Waals surface area contributed by atoms with E-state index in [4.69, 9.17) is 0 Å². The number of hydrogen-bond donors (Lipinski definition) is 1. The molecule has 2 heteroatoms. The molecule has 0 spiro atoms. The number of halogens is 1. The average Bonchev–Trinajstić information content (AvgIpc) is 2.32. The first kappa shape index (κ1) is 12.6. The van der Waals surface area contributed by atoms with Gasteiger partial charge < -0.3 is 5.32 Å². The molecule has 2 aromatic carbocycles. The maximum Gasteiger partial charge on any atom is 0.123 e. The SMILES string of the molecule is Cc1ccc(CNc2ccc(F)cc2C)cc1C. The fourth-order valence-electron chi connectivity index (χ4n) is 1.94. The van der Waals surface area contributed by atoms with Gasteiger partial charge in [-0.25, -0.2) is 4.39 Å². The maximum atomic E-state index is 13.0. The Labute approximate surface area is 108 Å². The first-order chi connectivity index (χ1) is 8.56. The van der Waals surface area contributed by atoms with Gasteiger partial charge >= 0.3 is 0 Å². The highest BCUT2D eigenvalue weighted by atomic mass is 19.1. The molecule has 94 valence electrons. The van der Waals surface area contributed by atoms with Crippen molar-refractivity contribution in [2.45, 2.75) is 27.3 Å². The van der Waals surface area contributed by atoms with Crippen molar-refractivity contribution in [2.75, 3.05) is 5.32 Å². The summed E-state index contributed by atoms with van der Waals surface area (Å²) in [6, 6.07) is 11.2. The fraction of sp³-hybridized carbons (Fsp3) is 0.250. The molecule has 18 heavy (non-hydrogen) atoms. The van der Waals surface area contributed by atoms with Crippen molar-refractivity contribution in [3.05, 3.63) is 64.5 Å². The second-order valence-electron chi connectivity index (χ2n) is 4.73. The summed E-state index contributed by atoms with van der Waals surface area (Å²) in [6.45, 7) is 6.89. The predicted molar refractivity (Wildman–Crippen MR) is 74.4 cm³/mol. The summed E-state index contributed by atoms with van der Waals surface area (Å²) >= 11 is 0. The molecule has 0 saturated carbocycles. The third-order valence-corrected chi connectivity index (χ3v) is 3.24. The van der Waals surface area contributed by atoms with E-state index >= 15 is 0 Å². The molecular formula is C16H18FN. The van der Waals surface area contributed by atoms with E-state index in [-0.39, 0.29) is 5.82 Å². The van der Waals surface area contributed by atoms with Gasteiger partial charge in [-0.1, -0.05) is 18.2 Å². The fourth-order valence-corrected chi connectivity index (χ4v) is 1.94. The van der Waals surface area contributed by atoms with Crippen molar-refractivity contribution in [3.63, 3.8) is 0 Å². The molecule has 0 aliphatic carbocycles. The Hall–Kier alpha value is -1.83. The van der Waals surface area contributed by atoms with E-state index in [1.165, 1.54) is 22.8 Å². The molecule has 1 nitrogen and oxygen atoms in total. The van der Waals surface area contributed by atoms with Crippen molar-refractivity contribution < 1.29 is 4.39 Å². The Morgan fingerprint density at radius 3 is 2.33 bits per heavy atom. The van der Waals surface area contributed by atoms with Gasteiger partial charge in [-0.3, -0.25) is 0 Å². The third kappa shape index (κ3) is 2.89. The molecule has 2 rings (SSSR count). The zero-order valence-corrected chi connectivity index (χ0v) is 11.0. The maximum absolute atomic E-state index is 13.0. The molecule has 0 aliphatic rings. The van der Waals surface area contributed by atoms with Crippen molar-refractivity contribution in [3.8, 4) is 0 Å². The second-order valence-corrected chi connectivity index (χ2v) is 4.73.